The van der Waals surface area contributed by atoms with E-state index in [0.717, 1.165) is 21.5 Å². The maximum absolute atomic E-state index is 12.4. The van der Waals surface area contributed by atoms with Gasteiger partial charge in [-0.1, -0.05) is 6.07 Å². The van der Waals surface area contributed by atoms with Crippen LogP contribution >= 0.6 is 22.6 Å². The minimum absolute atomic E-state index is 0.119. The lowest BCUT2D eigenvalue weighted by atomic mass is 10.0. The van der Waals surface area contributed by atoms with Crippen LogP contribution in [0.1, 0.15) is 36.5 Å². The lowest BCUT2D eigenvalue weighted by Gasteiger charge is -2.36. The first-order chi connectivity index (χ1) is 11.5. The van der Waals surface area contributed by atoms with Crippen molar-refractivity contribution in [3.05, 3.63) is 51.6 Å². The summed E-state index contributed by atoms with van der Waals surface area (Å²) >= 11 is 2.20. The van der Waals surface area contributed by atoms with Gasteiger partial charge in [0.05, 0.1) is 11.4 Å². The second-order valence-electron chi connectivity index (χ2n) is 6.28. The van der Waals surface area contributed by atoms with E-state index in [9.17, 15) is 4.79 Å². The Kier molecular flexibility index (Phi) is 5.28. The molecule has 1 aliphatic rings. The summed E-state index contributed by atoms with van der Waals surface area (Å²) in [4.78, 5) is 14.7. The van der Waals surface area contributed by atoms with Crippen LogP contribution in [0.25, 0.3) is 0 Å². The zero-order valence-electron chi connectivity index (χ0n) is 13.8. The van der Waals surface area contributed by atoms with Crippen LogP contribution < -0.4 is 16.0 Å². The smallest absolute Gasteiger partial charge is 0.255 e. The van der Waals surface area contributed by atoms with Crippen molar-refractivity contribution in [1.29, 1.82) is 0 Å². The molecule has 1 amide bonds. The van der Waals surface area contributed by atoms with Crippen LogP contribution in [0.4, 0.5) is 17.1 Å². The summed E-state index contributed by atoms with van der Waals surface area (Å²) in [7, 11) is 0. The molecule has 0 aromatic heterocycles. The van der Waals surface area contributed by atoms with Crippen LogP contribution in [0.15, 0.2) is 42.5 Å². The largest absolute Gasteiger partial charge is 0.397 e. The number of nitrogen functional groups attached to an aromatic ring is 1. The highest BCUT2D eigenvalue weighted by molar-refractivity contribution is 14.1. The van der Waals surface area contributed by atoms with Crippen molar-refractivity contribution in [3.63, 3.8) is 0 Å². The number of carbonyl (C=O) groups excluding carboxylic acids is 1. The van der Waals surface area contributed by atoms with Crippen molar-refractivity contribution >= 4 is 45.6 Å². The van der Waals surface area contributed by atoms with Crippen molar-refractivity contribution in [2.24, 2.45) is 0 Å². The normalized spacial score (nSPS) is 17.6. The highest BCUT2D eigenvalue weighted by Crippen LogP contribution is 2.31. The zero-order valence-corrected chi connectivity index (χ0v) is 15.9. The molecule has 2 aromatic rings. The van der Waals surface area contributed by atoms with Crippen molar-refractivity contribution in [2.75, 3.05) is 22.5 Å². The predicted molar refractivity (Wildman–Crippen MR) is 109 cm³/mol. The van der Waals surface area contributed by atoms with E-state index in [0.29, 0.717) is 17.3 Å². The van der Waals surface area contributed by atoms with Gasteiger partial charge >= 0.3 is 0 Å². The third-order valence-electron chi connectivity index (χ3n) is 4.48. The summed E-state index contributed by atoms with van der Waals surface area (Å²) in [5.41, 5.74) is 9.41. The molecule has 3 rings (SSSR count). The number of benzene rings is 2. The Labute approximate surface area is 156 Å². The Bertz CT molecular complexity index is 747. The molecule has 5 heteroatoms. The van der Waals surface area contributed by atoms with E-state index in [-0.39, 0.29) is 5.91 Å². The fourth-order valence-electron chi connectivity index (χ4n) is 3.18. The topological polar surface area (TPSA) is 58.4 Å². The van der Waals surface area contributed by atoms with Gasteiger partial charge in [-0.05, 0) is 85.2 Å². The Morgan fingerprint density at radius 3 is 2.79 bits per heavy atom. The molecular weight excluding hydrogens is 413 g/mol. The minimum Gasteiger partial charge on any atom is -0.397 e. The van der Waals surface area contributed by atoms with Crippen molar-refractivity contribution in [2.45, 2.75) is 32.2 Å². The van der Waals surface area contributed by atoms with Crippen LogP contribution in [0, 0.1) is 3.57 Å². The lowest BCUT2D eigenvalue weighted by molar-refractivity contribution is 0.102. The molecule has 1 heterocycles. The summed E-state index contributed by atoms with van der Waals surface area (Å²) in [6.45, 7) is 3.28. The van der Waals surface area contributed by atoms with E-state index in [4.69, 9.17) is 5.73 Å². The average Bonchev–Trinajstić information content (AvgIpc) is 2.56. The van der Waals surface area contributed by atoms with Gasteiger partial charge in [0.25, 0.3) is 5.91 Å². The van der Waals surface area contributed by atoms with E-state index in [1.807, 2.05) is 42.5 Å². The number of amides is 1. The number of nitrogens with one attached hydrogen (secondary N) is 1. The highest BCUT2D eigenvalue weighted by atomic mass is 127. The molecule has 1 atom stereocenters. The molecular formula is C19H22IN3O. The van der Waals surface area contributed by atoms with Gasteiger partial charge in [0, 0.05) is 27.4 Å². The first-order valence-electron chi connectivity index (χ1n) is 8.27. The summed E-state index contributed by atoms with van der Waals surface area (Å²) in [5.74, 6) is -0.119. The Morgan fingerprint density at radius 1 is 1.25 bits per heavy atom. The molecule has 0 bridgehead atoms. The Balaban J connectivity index is 1.76. The summed E-state index contributed by atoms with van der Waals surface area (Å²) in [6, 6.07) is 13.8. The Hall–Kier alpha value is -1.76. The van der Waals surface area contributed by atoms with Crippen molar-refractivity contribution in [1.82, 2.24) is 0 Å². The third kappa shape index (κ3) is 3.83. The molecule has 2 aromatic carbocycles. The van der Waals surface area contributed by atoms with Crippen LogP contribution in [0.5, 0.6) is 0 Å². The van der Waals surface area contributed by atoms with Gasteiger partial charge in [-0.3, -0.25) is 4.79 Å². The number of halogens is 1. The number of rotatable bonds is 3. The molecule has 24 heavy (non-hydrogen) atoms. The van der Waals surface area contributed by atoms with Crippen LogP contribution in [0.2, 0.25) is 0 Å². The van der Waals surface area contributed by atoms with Gasteiger partial charge in [-0.15, -0.1) is 0 Å². The number of nitrogens with zero attached hydrogens (tertiary/aromatic N) is 1. The summed E-state index contributed by atoms with van der Waals surface area (Å²) in [6.07, 6.45) is 3.68. The van der Waals surface area contributed by atoms with Gasteiger partial charge in [0.1, 0.15) is 0 Å². The zero-order chi connectivity index (χ0) is 17.1. The summed E-state index contributed by atoms with van der Waals surface area (Å²) < 4.78 is 1.04. The standard InChI is InChI=1S/C19H22IN3O/c1-13-5-2-3-10-23(13)18-9-8-16(12-17(18)21)22-19(24)14-6-4-7-15(20)11-14/h4,6-9,11-13H,2-3,5,10,21H2,1H3,(H,22,24). The summed E-state index contributed by atoms with van der Waals surface area (Å²) in [5, 5.41) is 2.93. The molecule has 0 aliphatic carbocycles. The molecule has 0 radical (unpaired) electrons. The quantitative estimate of drug-likeness (QED) is 0.551. The van der Waals surface area contributed by atoms with Crippen molar-refractivity contribution in [3.8, 4) is 0 Å². The third-order valence-corrected chi connectivity index (χ3v) is 5.16. The Morgan fingerprint density at radius 2 is 2.08 bits per heavy atom. The number of piperidine rings is 1. The van der Waals surface area contributed by atoms with E-state index >= 15 is 0 Å². The second kappa shape index (κ2) is 7.42. The number of hydrogen-bond donors (Lipinski definition) is 2. The lowest BCUT2D eigenvalue weighted by Crippen LogP contribution is -2.37. The molecule has 3 N–H and O–H groups in total. The molecule has 1 saturated heterocycles. The van der Waals surface area contributed by atoms with Crippen LogP contribution in [0.3, 0.4) is 0 Å². The second-order valence-corrected chi connectivity index (χ2v) is 7.52. The van der Waals surface area contributed by atoms with Gasteiger partial charge in [-0.25, -0.2) is 0 Å². The van der Waals surface area contributed by atoms with E-state index in [1.54, 1.807) is 0 Å². The van der Waals surface area contributed by atoms with E-state index < -0.39 is 0 Å². The van der Waals surface area contributed by atoms with Gasteiger partial charge in [0.2, 0.25) is 0 Å². The molecule has 1 aliphatic heterocycles. The maximum atomic E-state index is 12.4. The number of nitrogens with two attached hydrogens (primary N) is 1. The maximum Gasteiger partial charge on any atom is 0.255 e. The van der Waals surface area contributed by atoms with Crippen molar-refractivity contribution < 1.29 is 4.79 Å². The van der Waals surface area contributed by atoms with Gasteiger partial charge < -0.3 is 16.0 Å². The molecule has 4 nitrogen and oxygen atoms in total. The van der Waals surface area contributed by atoms with Gasteiger partial charge in [0.15, 0.2) is 0 Å². The SMILES string of the molecule is CC1CCCCN1c1ccc(NC(=O)c2cccc(I)c2)cc1N. The monoisotopic (exact) mass is 435 g/mol. The van der Waals surface area contributed by atoms with Crippen LogP contribution in [-0.4, -0.2) is 18.5 Å². The first kappa shape index (κ1) is 17.1. The fraction of sp³-hybridized carbons (Fsp3) is 0.316. The predicted octanol–water partition coefficient (Wildman–Crippen LogP) is 4.50. The molecule has 1 fully saturated rings. The van der Waals surface area contributed by atoms with E-state index in [2.05, 4.69) is 39.7 Å². The molecule has 1 unspecified atom stereocenters. The number of carbonyl (C=O) groups is 1. The highest BCUT2D eigenvalue weighted by Gasteiger charge is 2.20. The van der Waals surface area contributed by atoms with Crippen LogP contribution in [-0.2, 0) is 0 Å². The number of anilines is 3. The first-order valence-corrected chi connectivity index (χ1v) is 9.35. The van der Waals surface area contributed by atoms with E-state index in [1.165, 1.54) is 19.3 Å². The van der Waals surface area contributed by atoms with Gasteiger partial charge in [-0.2, -0.15) is 0 Å². The number of hydrogen-bond acceptors (Lipinski definition) is 3. The molecule has 0 spiro atoms. The minimum atomic E-state index is -0.119. The average molecular weight is 435 g/mol. The fourth-order valence-corrected chi connectivity index (χ4v) is 3.73. The molecule has 0 saturated carbocycles. The molecule has 126 valence electrons.